The van der Waals surface area contributed by atoms with Crippen LogP contribution in [0.3, 0.4) is 0 Å². The number of rotatable bonds is 7. The molecule has 0 heterocycles. The van der Waals surface area contributed by atoms with Gasteiger partial charge in [-0.2, -0.15) is 0 Å². The van der Waals surface area contributed by atoms with E-state index in [0.717, 1.165) is 0 Å². The summed E-state index contributed by atoms with van der Waals surface area (Å²) in [7, 11) is 0. The van der Waals surface area contributed by atoms with Crippen molar-refractivity contribution >= 4 is 12.4 Å². The first-order chi connectivity index (χ1) is 9.85. The van der Waals surface area contributed by atoms with Crippen LogP contribution in [-0.2, 0) is 25.5 Å². The molecule has 116 valence electrons. The van der Waals surface area contributed by atoms with Crippen molar-refractivity contribution in [2.24, 2.45) is 5.73 Å². The molecule has 0 aromatic heterocycles. The summed E-state index contributed by atoms with van der Waals surface area (Å²) in [4.78, 5) is 22.0. The van der Waals surface area contributed by atoms with E-state index in [9.17, 15) is 19.8 Å². The molecule has 0 bridgehead atoms. The highest BCUT2D eigenvalue weighted by Gasteiger charge is 2.22. The van der Waals surface area contributed by atoms with Crippen LogP contribution in [0.4, 0.5) is 0 Å². The average Bonchev–Trinajstić information content (AvgIpc) is 2.43. The Morgan fingerprint density at radius 1 is 1.29 bits per heavy atom. The standard InChI is InChI=1S/C14H19NO6/c1-8(20-7-16)9(2)21-14(19)11(15)5-10-3-4-12(17)13(18)6-10/h3-4,6-9,11,17-18H,5,15H2,1-2H3. The van der Waals surface area contributed by atoms with Crippen LogP contribution in [-0.4, -0.2) is 40.9 Å². The van der Waals surface area contributed by atoms with Crippen LogP contribution < -0.4 is 5.73 Å². The van der Waals surface area contributed by atoms with Gasteiger partial charge in [0, 0.05) is 0 Å². The van der Waals surface area contributed by atoms with Crippen molar-refractivity contribution in [3.8, 4) is 11.5 Å². The van der Waals surface area contributed by atoms with Gasteiger partial charge in [-0.05, 0) is 38.0 Å². The molecule has 0 saturated heterocycles. The SMILES string of the molecule is CC(OC=O)C(C)OC(=O)C(N)Cc1ccc(O)c(O)c1. The minimum Gasteiger partial charge on any atom is -0.504 e. The topological polar surface area (TPSA) is 119 Å². The molecule has 0 fully saturated rings. The number of hydrogen-bond acceptors (Lipinski definition) is 7. The molecule has 7 heteroatoms. The van der Waals surface area contributed by atoms with Gasteiger partial charge in [0.1, 0.15) is 18.2 Å². The largest absolute Gasteiger partial charge is 0.504 e. The normalized spacial score (nSPS) is 14.8. The Balaban J connectivity index is 2.58. The lowest BCUT2D eigenvalue weighted by atomic mass is 10.1. The van der Waals surface area contributed by atoms with Crippen LogP contribution in [0.25, 0.3) is 0 Å². The lowest BCUT2D eigenvalue weighted by molar-refractivity contribution is -0.160. The number of phenolic OH excluding ortho intramolecular Hbond substituents is 2. The van der Waals surface area contributed by atoms with E-state index in [1.54, 1.807) is 19.9 Å². The molecule has 1 rings (SSSR count). The first-order valence-corrected chi connectivity index (χ1v) is 6.41. The molecular weight excluding hydrogens is 278 g/mol. The zero-order chi connectivity index (χ0) is 16.0. The summed E-state index contributed by atoms with van der Waals surface area (Å²) in [6.45, 7) is 3.47. The minimum atomic E-state index is -0.931. The number of ether oxygens (including phenoxy) is 2. The molecule has 0 amide bonds. The van der Waals surface area contributed by atoms with Gasteiger partial charge < -0.3 is 25.4 Å². The van der Waals surface area contributed by atoms with Crippen molar-refractivity contribution < 1.29 is 29.3 Å². The van der Waals surface area contributed by atoms with E-state index in [2.05, 4.69) is 4.74 Å². The third-order valence-corrected chi connectivity index (χ3v) is 3.03. The van der Waals surface area contributed by atoms with Crippen molar-refractivity contribution in [2.45, 2.75) is 38.5 Å². The molecule has 0 saturated carbocycles. The van der Waals surface area contributed by atoms with Gasteiger partial charge in [-0.1, -0.05) is 6.07 Å². The second kappa shape index (κ2) is 7.49. The summed E-state index contributed by atoms with van der Waals surface area (Å²) in [5.74, 6) is -1.17. The van der Waals surface area contributed by atoms with Crippen LogP contribution in [0.1, 0.15) is 19.4 Å². The van der Waals surface area contributed by atoms with Crippen molar-refractivity contribution in [3.05, 3.63) is 23.8 Å². The summed E-state index contributed by atoms with van der Waals surface area (Å²) in [5.41, 5.74) is 6.31. The Kier molecular flexibility index (Phi) is 5.98. The Morgan fingerprint density at radius 2 is 1.95 bits per heavy atom. The number of esters is 1. The molecule has 4 N–H and O–H groups in total. The molecule has 7 nitrogen and oxygen atoms in total. The Bertz CT molecular complexity index is 504. The number of carbonyl (C=O) groups excluding carboxylic acids is 2. The number of nitrogens with two attached hydrogens (primary N) is 1. The van der Waals surface area contributed by atoms with E-state index in [-0.39, 0.29) is 24.4 Å². The predicted molar refractivity (Wildman–Crippen MR) is 73.6 cm³/mol. The monoisotopic (exact) mass is 297 g/mol. The maximum Gasteiger partial charge on any atom is 0.323 e. The third kappa shape index (κ3) is 4.96. The van der Waals surface area contributed by atoms with E-state index in [1.165, 1.54) is 12.1 Å². The minimum absolute atomic E-state index is 0.141. The van der Waals surface area contributed by atoms with E-state index in [1.807, 2.05) is 0 Å². The van der Waals surface area contributed by atoms with Gasteiger partial charge in [-0.3, -0.25) is 9.59 Å². The number of carbonyl (C=O) groups is 2. The highest BCUT2D eigenvalue weighted by molar-refractivity contribution is 5.76. The highest BCUT2D eigenvalue weighted by atomic mass is 16.6. The van der Waals surface area contributed by atoms with Gasteiger partial charge in [-0.25, -0.2) is 0 Å². The smallest absolute Gasteiger partial charge is 0.323 e. The van der Waals surface area contributed by atoms with Crippen molar-refractivity contribution in [3.63, 3.8) is 0 Å². The number of aromatic hydroxyl groups is 2. The summed E-state index contributed by atoms with van der Waals surface area (Å²) in [6.07, 6.45) is -1.05. The lowest BCUT2D eigenvalue weighted by Gasteiger charge is -2.20. The molecule has 3 atom stereocenters. The fourth-order valence-corrected chi connectivity index (χ4v) is 1.60. The Hall–Kier alpha value is -2.28. The van der Waals surface area contributed by atoms with Gasteiger partial charge in [0.15, 0.2) is 11.5 Å². The number of phenols is 2. The Morgan fingerprint density at radius 3 is 2.52 bits per heavy atom. The maximum atomic E-state index is 11.8. The van der Waals surface area contributed by atoms with Gasteiger partial charge in [-0.15, -0.1) is 0 Å². The summed E-state index contributed by atoms with van der Waals surface area (Å²) < 4.78 is 9.76. The van der Waals surface area contributed by atoms with E-state index in [4.69, 9.17) is 10.5 Å². The van der Waals surface area contributed by atoms with Gasteiger partial charge in [0.2, 0.25) is 0 Å². The average molecular weight is 297 g/mol. The summed E-state index contributed by atoms with van der Waals surface area (Å²) >= 11 is 0. The zero-order valence-corrected chi connectivity index (χ0v) is 11.9. The van der Waals surface area contributed by atoms with Crippen LogP contribution in [0.2, 0.25) is 0 Å². The highest BCUT2D eigenvalue weighted by Crippen LogP contribution is 2.25. The molecule has 0 aliphatic rings. The molecule has 0 radical (unpaired) electrons. The van der Waals surface area contributed by atoms with Gasteiger partial charge in [0.05, 0.1) is 0 Å². The molecule has 21 heavy (non-hydrogen) atoms. The molecule has 0 aliphatic heterocycles. The lowest BCUT2D eigenvalue weighted by Crippen LogP contribution is -2.39. The summed E-state index contributed by atoms with van der Waals surface area (Å²) in [6, 6.07) is 3.25. The van der Waals surface area contributed by atoms with Gasteiger partial charge in [0.25, 0.3) is 6.47 Å². The third-order valence-electron chi connectivity index (χ3n) is 3.03. The van der Waals surface area contributed by atoms with E-state index >= 15 is 0 Å². The first kappa shape index (κ1) is 16.8. The molecular formula is C14H19NO6. The predicted octanol–water partition coefficient (Wildman–Crippen LogP) is 0.461. The molecule has 0 spiro atoms. The van der Waals surface area contributed by atoms with E-state index in [0.29, 0.717) is 5.56 Å². The number of benzene rings is 1. The van der Waals surface area contributed by atoms with Gasteiger partial charge >= 0.3 is 5.97 Å². The first-order valence-electron chi connectivity index (χ1n) is 6.41. The van der Waals surface area contributed by atoms with Crippen LogP contribution in [0.15, 0.2) is 18.2 Å². The zero-order valence-electron chi connectivity index (χ0n) is 11.9. The molecule has 3 unspecified atom stereocenters. The van der Waals surface area contributed by atoms with Crippen LogP contribution >= 0.6 is 0 Å². The quantitative estimate of drug-likeness (QED) is 0.380. The maximum absolute atomic E-state index is 11.8. The van der Waals surface area contributed by atoms with Crippen molar-refractivity contribution in [1.82, 2.24) is 0 Å². The van der Waals surface area contributed by atoms with Crippen molar-refractivity contribution in [1.29, 1.82) is 0 Å². The Labute approximate surface area is 122 Å². The number of hydrogen-bond donors (Lipinski definition) is 3. The molecule has 1 aromatic carbocycles. The fourth-order valence-electron chi connectivity index (χ4n) is 1.60. The molecule has 0 aliphatic carbocycles. The van der Waals surface area contributed by atoms with E-state index < -0.39 is 24.2 Å². The van der Waals surface area contributed by atoms with Crippen molar-refractivity contribution in [2.75, 3.05) is 0 Å². The second-order valence-corrected chi connectivity index (χ2v) is 4.71. The van der Waals surface area contributed by atoms with Crippen LogP contribution in [0.5, 0.6) is 11.5 Å². The summed E-state index contributed by atoms with van der Waals surface area (Å²) in [5, 5.41) is 18.6. The fraction of sp³-hybridized carbons (Fsp3) is 0.429. The second-order valence-electron chi connectivity index (χ2n) is 4.71. The molecule has 1 aromatic rings. The van der Waals surface area contributed by atoms with Crippen LogP contribution in [0, 0.1) is 0 Å².